The summed E-state index contributed by atoms with van der Waals surface area (Å²) >= 11 is 0. The molecule has 0 saturated heterocycles. The molecule has 31 heavy (non-hydrogen) atoms. The van der Waals surface area contributed by atoms with E-state index in [4.69, 9.17) is 13.3 Å². The van der Waals surface area contributed by atoms with Gasteiger partial charge in [0.2, 0.25) is 8.32 Å². The summed E-state index contributed by atoms with van der Waals surface area (Å²) in [4.78, 5) is 0. The summed E-state index contributed by atoms with van der Waals surface area (Å²) in [6.07, 6.45) is 8.06. The molecule has 180 valence electrons. The van der Waals surface area contributed by atoms with Crippen LogP contribution in [0.25, 0.3) is 0 Å². The first-order valence-corrected chi connectivity index (χ1v) is 17.7. The molecule has 0 spiro atoms. The van der Waals surface area contributed by atoms with Gasteiger partial charge >= 0.3 is 0 Å². The second kappa shape index (κ2) is 10.0. The maximum Gasteiger partial charge on any atom is 0.250 e. The molecule has 0 amide bonds. The van der Waals surface area contributed by atoms with E-state index in [1.165, 1.54) is 5.56 Å². The Morgan fingerprint density at radius 1 is 0.968 bits per heavy atom. The summed E-state index contributed by atoms with van der Waals surface area (Å²) in [5.41, 5.74) is 1.09. The maximum absolute atomic E-state index is 6.94. The van der Waals surface area contributed by atoms with Crippen LogP contribution in [0.4, 0.5) is 0 Å². The van der Waals surface area contributed by atoms with Gasteiger partial charge in [0.1, 0.15) is 0 Å². The van der Waals surface area contributed by atoms with Gasteiger partial charge < -0.3 is 13.3 Å². The molecule has 1 rings (SSSR count). The fourth-order valence-corrected chi connectivity index (χ4v) is 5.00. The van der Waals surface area contributed by atoms with Crippen molar-refractivity contribution in [3.8, 4) is 0 Å². The van der Waals surface area contributed by atoms with Crippen molar-refractivity contribution < 1.29 is 13.3 Å². The van der Waals surface area contributed by atoms with Gasteiger partial charge in [0, 0.05) is 12.0 Å². The first-order valence-electron chi connectivity index (χ1n) is 11.8. The molecule has 0 fully saturated rings. The number of aryl methyl sites for hydroxylation is 1. The zero-order chi connectivity index (χ0) is 24.3. The molecule has 0 saturated carbocycles. The molecule has 0 aliphatic rings. The quantitative estimate of drug-likeness (QED) is 0.255. The van der Waals surface area contributed by atoms with E-state index >= 15 is 0 Å². The van der Waals surface area contributed by atoms with Crippen molar-refractivity contribution in [2.45, 2.75) is 111 Å². The summed E-state index contributed by atoms with van der Waals surface area (Å²) in [6, 6.07) is 2.06. The number of furan rings is 1. The summed E-state index contributed by atoms with van der Waals surface area (Å²) in [6.45, 7) is 30.7. The van der Waals surface area contributed by atoms with Crippen molar-refractivity contribution in [2.24, 2.45) is 11.3 Å². The Morgan fingerprint density at radius 3 is 1.97 bits per heavy atom. The van der Waals surface area contributed by atoms with Gasteiger partial charge in [-0.25, -0.2) is 0 Å². The lowest BCUT2D eigenvalue weighted by Gasteiger charge is -2.43. The van der Waals surface area contributed by atoms with Gasteiger partial charge in [-0.2, -0.15) is 0 Å². The predicted molar refractivity (Wildman–Crippen MR) is 139 cm³/mol. The van der Waals surface area contributed by atoms with Crippen LogP contribution in [0.1, 0.15) is 74.3 Å². The molecular formula is C26H50O3Si2. The van der Waals surface area contributed by atoms with E-state index in [2.05, 4.69) is 101 Å². The normalized spacial score (nSPS) is 15.8. The second-order valence-electron chi connectivity index (χ2n) is 13.0. The van der Waals surface area contributed by atoms with Crippen molar-refractivity contribution >= 4 is 16.6 Å². The minimum absolute atomic E-state index is 0.155. The smallest absolute Gasteiger partial charge is 0.250 e. The van der Waals surface area contributed by atoms with Gasteiger partial charge in [0.05, 0.1) is 18.3 Å². The highest BCUT2D eigenvalue weighted by atomic mass is 28.4. The average Bonchev–Trinajstić information content (AvgIpc) is 3.09. The molecule has 5 heteroatoms. The van der Waals surface area contributed by atoms with Gasteiger partial charge in [0.15, 0.2) is 8.32 Å². The monoisotopic (exact) mass is 466 g/mol. The highest BCUT2D eigenvalue weighted by Gasteiger charge is 2.43. The van der Waals surface area contributed by atoms with Crippen LogP contribution in [0.3, 0.4) is 0 Å². The number of hydrogen-bond acceptors (Lipinski definition) is 3. The average molecular weight is 467 g/mol. The van der Waals surface area contributed by atoms with E-state index in [-0.39, 0.29) is 15.5 Å². The summed E-state index contributed by atoms with van der Waals surface area (Å²) in [5, 5.41) is 0.355. The molecule has 3 nitrogen and oxygen atoms in total. The Hall–Kier alpha value is -0.786. The van der Waals surface area contributed by atoms with Gasteiger partial charge in [-0.15, -0.1) is 0 Å². The van der Waals surface area contributed by atoms with Gasteiger partial charge in [0.25, 0.3) is 0 Å². The molecular weight excluding hydrogens is 416 g/mol. The lowest BCUT2D eigenvalue weighted by Crippen LogP contribution is -2.46. The first kappa shape index (κ1) is 28.2. The Kier molecular flexibility index (Phi) is 9.12. The van der Waals surface area contributed by atoms with E-state index in [1.54, 1.807) is 6.26 Å². The van der Waals surface area contributed by atoms with Gasteiger partial charge in [-0.05, 0) is 72.7 Å². The third-order valence-electron chi connectivity index (χ3n) is 7.34. The van der Waals surface area contributed by atoms with Crippen LogP contribution >= 0.6 is 0 Å². The summed E-state index contributed by atoms with van der Waals surface area (Å²) in [7, 11) is -3.79. The van der Waals surface area contributed by atoms with Crippen LogP contribution in [-0.4, -0.2) is 23.2 Å². The first-order chi connectivity index (χ1) is 13.8. The molecule has 0 radical (unpaired) electrons. The highest BCUT2D eigenvalue weighted by molar-refractivity contribution is 6.74. The van der Waals surface area contributed by atoms with Crippen molar-refractivity contribution in [3.05, 3.63) is 36.0 Å². The molecule has 0 bridgehead atoms. The van der Waals surface area contributed by atoms with Gasteiger partial charge in [-0.3, -0.25) is 0 Å². The molecule has 1 atom stereocenters. The standard InChI is InChI=1S/C26H50O3Si2/c1-21(14-15-22-16-17-27-19-22)18-23(29-31(12,13)25(5,6)7)26(8,9)20-28-30(10,11)24(2,3)4/h16-19,21H,14-15,20H2,1-13H3/b23-18-. The fourth-order valence-electron chi connectivity index (χ4n) is 2.65. The third-order valence-corrected chi connectivity index (χ3v) is 16.2. The largest absolute Gasteiger partial charge is 0.546 e. The van der Waals surface area contributed by atoms with E-state index < -0.39 is 16.6 Å². The van der Waals surface area contributed by atoms with Crippen LogP contribution in [0.15, 0.2) is 34.8 Å². The molecule has 0 aromatic carbocycles. The Balaban J connectivity index is 3.12. The van der Waals surface area contributed by atoms with E-state index in [0.29, 0.717) is 12.5 Å². The zero-order valence-corrected chi connectivity index (χ0v) is 24.7. The highest BCUT2D eigenvalue weighted by Crippen LogP contribution is 2.43. The van der Waals surface area contributed by atoms with E-state index in [0.717, 1.165) is 18.6 Å². The topological polar surface area (TPSA) is 31.6 Å². The van der Waals surface area contributed by atoms with Crippen LogP contribution in [-0.2, 0) is 15.3 Å². The molecule has 1 aromatic heterocycles. The minimum atomic E-state index is -1.96. The molecule has 1 unspecified atom stereocenters. The number of rotatable bonds is 10. The van der Waals surface area contributed by atoms with Crippen LogP contribution in [0.5, 0.6) is 0 Å². The Morgan fingerprint density at radius 2 is 1.52 bits per heavy atom. The summed E-state index contributed by atoms with van der Waals surface area (Å²) in [5.74, 6) is 1.53. The van der Waals surface area contributed by atoms with Crippen LogP contribution in [0.2, 0.25) is 36.3 Å². The fraction of sp³-hybridized carbons (Fsp3) is 0.769. The molecule has 1 aromatic rings. The predicted octanol–water partition coefficient (Wildman–Crippen LogP) is 8.80. The molecule has 1 heterocycles. The SMILES string of the molecule is CC(/C=C(\O[Si](C)(C)C(C)(C)C)C(C)(C)CO[Si](C)(C)C(C)(C)C)CCc1ccoc1. The van der Waals surface area contributed by atoms with Crippen molar-refractivity contribution in [2.75, 3.05) is 6.61 Å². The third kappa shape index (κ3) is 8.25. The lowest BCUT2D eigenvalue weighted by atomic mass is 9.89. The molecule has 0 aliphatic carbocycles. The Bertz CT molecular complexity index is 702. The number of allylic oxidation sites excluding steroid dienone is 1. The van der Waals surface area contributed by atoms with Crippen molar-refractivity contribution in [1.82, 2.24) is 0 Å². The molecule has 0 N–H and O–H groups in total. The number of hydrogen-bond donors (Lipinski definition) is 0. The maximum atomic E-state index is 6.94. The van der Waals surface area contributed by atoms with Crippen LogP contribution < -0.4 is 0 Å². The lowest BCUT2D eigenvalue weighted by molar-refractivity contribution is 0.147. The van der Waals surface area contributed by atoms with Gasteiger partial charge in [-0.1, -0.05) is 62.3 Å². The minimum Gasteiger partial charge on any atom is -0.546 e. The van der Waals surface area contributed by atoms with E-state index in [1.807, 2.05) is 6.26 Å². The van der Waals surface area contributed by atoms with Crippen molar-refractivity contribution in [1.29, 1.82) is 0 Å². The second-order valence-corrected chi connectivity index (χ2v) is 22.5. The van der Waals surface area contributed by atoms with Crippen LogP contribution in [0, 0.1) is 11.3 Å². The zero-order valence-electron chi connectivity index (χ0n) is 22.7. The molecule has 0 aliphatic heterocycles. The Labute approximate surface area is 195 Å². The van der Waals surface area contributed by atoms with E-state index in [9.17, 15) is 0 Å². The summed E-state index contributed by atoms with van der Waals surface area (Å²) < 4.78 is 18.8. The van der Waals surface area contributed by atoms with Crippen molar-refractivity contribution in [3.63, 3.8) is 0 Å².